The zero-order valence-corrected chi connectivity index (χ0v) is 21.0. The predicted octanol–water partition coefficient (Wildman–Crippen LogP) is -4.69. The van der Waals surface area contributed by atoms with E-state index in [2.05, 4.69) is 20.8 Å². The molecule has 4 amide bonds. The zero-order valence-electron chi connectivity index (χ0n) is 18.2. The number of hydrogen-bond donors (Lipinski definition) is 2. The summed E-state index contributed by atoms with van der Waals surface area (Å²) in [5.74, 6) is -2.44. The SMILES string of the molecule is Cn1nnnc1SC1C2=C3[C@@H](C(=O)N3C1C(=O)[O-])N(C(=O)Nc1ccc(C(N)=O)cc1)CC2.[Na+]. The van der Waals surface area contributed by atoms with Gasteiger partial charge in [0.25, 0.3) is 5.91 Å². The van der Waals surface area contributed by atoms with Crippen LogP contribution in [0.5, 0.6) is 0 Å². The number of hydrogen-bond acceptors (Lipinski definition) is 9. The number of β-lactam (4-membered cyclic amide) rings is 1. The Morgan fingerprint density at radius 3 is 2.53 bits per heavy atom. The summed E-state index contributed by atoms with van der Waals surface area (Å²) in [4.78, 5) is 51.6. The van der Waals surface area contributed by atoms with Crippen LogP contribution >= 0.6 is 11.8 Å². The Labute approximate surface area is 219 Å². The maximum Gasteiger partial charge on any atom is 1.00 e. The Morgan fingerprint density at radius 2 is 1.94 bits per heavy atom. The van der Waals surface area contributed by atoms with Crippen LogP contribution in [0, 0.1) is 0 Å². The number of nitrogens with zero attached hydrogens (tertiary/aromatic N) is 6. The molecule has 170 valence electrons. The third-order valence-electron chi connectivity index (χ3n) is 5.90. The first kappa shape index (κ1) is 24.2. The van der Waals surface area contributed by atoms with Gasteiger partial charge >= 0.3 is 35.6 Å². The molecule has 0 radical (unpaired) electrons. The molecular weight excluding hydrogens is 475 g/mol. The number of aromatic nitrogens is 4. The van der Waals surface area contributed by atoms with Crippen molar-refractivity contribution in [1.82, 2.24) is 30.0 Å². The summed E-state index contributed by atoms with van der Waals surface area (Å²) in [6.07, 6.45) is 0.385. The normalized spacial score (nSPS) is 22.6. The van der Waals surface area contributed by atoms with E-state index < -0.39 is 41.1 Å². The number of rotatable bonds is 5. The molecule has 13 nitrogen and oxygen atoms in total. The van der Waals surface area contributed by atoms with Crippen molar-refractivity contribution in [2.45, 2.75) is 28.9 Å². The van der Waals surface area contributed by atoms with Gasteiger partial charge in [-0.05, 0) is 46.7 Å². The molecule has 0 aliphatic carbocycles. The van der Waals surface area contributed by atoms with E-state index in [0.717, 1.165) is 17.3 Å². The molecule has 0 spiro atoms. The van der Waals surface area contributed by atoms with Gasteiger partial charge in [0.2, 0.25) is 11.1 Å². The monoisotopic (exact) mass is 492 g/mol. The predicted molar refractivity (Wildman–Crippen MR) is 110 cm³/mol. The Kier molecular flexibility index (Phi) is 6.42. The molecule has 0 bridgehead atoms. The van der Waals surface area contributed by atoms with Gasteiger partial charge in [0.1, 0.15) is 0 Å². The fourth-order valence-corrected chi connectivity index (χ4v) is 5.62. The standard InChI is InChI=1S/C19H18N8O5S.Na/c1-25-19(22-23-24-25)33-14-10-6-7-26(12-11(10)27(16(12)29)13(14)17(30)31)18(32)21-9-4-2-8(3-5-9)15(20)28;/h2-5,12-14H,6-7H2,1H3,(H2,20,28)(H,21,32)(H,30,31);/q;+1/p-1/t12-,13?,14?;/m0./s1. The number of amides is 4. The molecule has 1 fully saturated rings. The number of thioether (sulfide) groups is 1. The van der Waals surface area contributed by atoms with Gasteiger partial charge in [-0.25, -0.2) is 9.48 Å². The number of carboxylic acids is 1. The number of aliphatic carboxylic acids is 1. The molecule has 3 aliphatic heterocycles. The molecule has 3 atom stereocenters. The van der Waals surface area contributed by atoms with E-state index >= 15 is 0 Å². The van der Waals surface area contributed by atoms with Crippen molar-refractivity contribution in [3.05, 3.63) is 41.1 Å². The minimum atomic E-state index is -1.38. The van der Waals surface area contributed by atoms with Crippen LogP contribution in [0.3, 0.4) is 0 Å². The summed E-state index contributed by atoms with van der Waals surface area (Å²) in [6, 6.07) is 3.44. The van der Waals surface area contributed by atoms with E-state index in [1.54, 1.807) is 7.05 Å². The van der Waals surface area contributed by atoms with Crippen LogP contribution in [0.1, 0.15) is 16.8 Å². The number of carbonyl (C=O) groups is 4. The number of nitrogens with two attached hydrogens (primary N) is 1. The van der Waals surface area contributed by atoms with Gasteiger partial charge in [0, 0.05) is 24.8 Å². The first-order valence-corrected chi connectivity index (χ1v) is 10.8. The van der Waals surface area contributed by atoms with Gasteiger partial charge in [-0.2, -0.15) is 0 Å². The maximum atomic E-state index is 12.9. The number of tetrazole rings is 1. The number of aryl methyl sites for hydroxylation is 1. The molecule has 3 aliphatic rings. The Bertz CT molecular complexity index is 1230. The van der Waals surface area contributed by atoms with Gasteiger partial charge < -0.3 is 30.8 Å². The first-order chi connectivity index (χ1) is 15.8. The largest absolute Gasteiger partial charge is 1.00 e. The minimum absolute atomic E-state index is 0. The topological polar surface area (TPSA) is 179 Å². The van der Waals surface area contributed by atoms with E-state index in [4.69, 9.17) is 5.73 Å². The average molecular weight is 492 g/mol. The van der Waals surface area contributed by atoms with E-state index in [1.165, 1.54) is 38.7 Å². The quantitative estimate of drug-likeness (QED) is 0.306. The average Bonchev–Trinajstić information content (AvgIpc) is 3.33. The molecular formula is C19H17N8NaO5S. The van der Waals surface area contributed by atoms with E-state index in [9.17, 15) is 24.3 Å². The van der Waals surface area contributed by atoms with E-state index in [1.807, 2.05) is 0 Å². The van der Waals surface area contributed by atoms with Crippen molar-refractivity contribution in [1.29, 1.82) is 0 Å². The van der Waals surface area contributed by atoms with Gasteiger partial charge in [-0.15, -0.1) is 5.10 Å². The first-order valence-electron chi connectivity index (χ1n) is 9.91. The zero-order chi connectivity index (χ0) is 23.4. The number of benzene rings is 1. The third-order valence-corrected chi connectivity index (χ3v) is 7.25. The summed E-state index contributed by atoms with van der Waals surface area (Å²) in [7, 11) is 1.63. The summed E-state index contributed by atoms with van der Waals surface area (Å²) < 4.78 is 1.42. The van der Waals surface area contributed by atoms with Crippen LogP contribution in [0.2, 0.25) is 0 Å². The number of urea groups is 1. The van der Waals surface area contributed by atoms with Gasteiger partial charge in [0.15, 0.2) is 6.04 Å². The van der Waals surface area contributed by atoms with Crippen LogP contribution in [-0.2, 0) is 16.6 Å². The Balaban J connectivity index is 0.00000274. The van der Waals surface area contributed by atoms with Crippen molar-refractivity contribution in [3.8, 4) is 0 Å². The molecule has 5 rings (SSSR count). The summed E-state index contributed by atoms with van der Waals surface area (Å²) in [5, 5.41) is 25.7. The Morgan fingerprint density at radius 1 is 1.24 bits per heavy atom. The van der Waals surface area contributed by atoms with Crippen molar-refractivity contribution in [3.63, 3.8) is 0 Å². The van der Waals surface area contributed by atoms with Crippen molar-refractivity contribution >= 4 is 41.3 Å². The second-order valence-electron chi connectivity index (χ2n) is 7.72. The number of anilines is 1. The number of primary amides is 1. The maximum absolute atomic E-state index is 12.9. The van der Waals surface area contributed by atoms with Crippen LogP contribution in [-0.4, -0.2) is 77.7 Å². The fourth-order valence-electron chi connectivity index (χ4n) is 4.37. The second-order valence-corrected chi connectivity index (χ2v) is 8.83. The smallest absolute Gasteiger partial charge is 0.548 e. The van der Waals surface area contributed by atoms with Gasteiger partial charge in [-0.3, -0.25) is 9.59 Å². The minimum Gasteiger partial charge on any atom is -0.548 e. The summed E-state index contributed by atoms with van der Waals surface area (Å²) in [6.45, 7) is 0.224. The molecule has 4 heterocycles. The fraction of sp³-hybridized carbons (Fsp3) is 0.316. The third kappa shape index (κ3) is 3.76. The van der Waals surface area contributed by atoms with Crippen LogP contribution in [0.15, 0.2) is 40.7 Å². The van der Waals surface area contributed by atoms with Crippen molar-refractivity contribution in [2.75, 3.05) is 11.9 Å². The van der Waals surface area contributed by atoms with Crippen LogP contribution < -0.4 is 45.7 Å². The molecule has 3 N–H and O–H groups in total. The summed E-state index contributed by atoms with van der Waals surface area (Å²) in [5.41, 5.74) is 7.24. The van der Waals surface area contributed by atoms with Crippen molar-refractivity contribution in [2.24, 2.45) is 12.8 Å². The summed E-state index contributed by atoms with van der Waals surface area (Å²) >= 11 is 1.15. The van der Waals surface area contributed by atoms with Gasteiger partial charge in [0.05, 0.1) is 23.0 Å². The van der Waals surface area contributed by atoms with E-state index in [0.29, 0.717) is 28.5 Å². The molecule has 15 heteroatoms. The second kappa shape index (κ2) is 9.02. The van der Waals surface area contributed by atoms with Crippen molar-refractivity contribution < 1.29 is 53.8 Å². The number of carbonyl (C=O) groups excluding carboxylic acids is 4. The molecule has 2 unspecified atom stereocenters. The Hall–Kier alpha value is -2.94. The molecule has 2 aromatic rings. The molecule has 1 aromatic carbocycles. The van der Waals surface area contributed by atoms with E-state index in [-0.39, 0.29) is 36.1 Å². The molecule has 34 heavy (non-hydrogen) atoms. The molecule has 0 saturated carbocycles. The molecule has 1 aromatic heterocycles. The number of carboxylic acid groups (broad SMARTS) is 1. The number of nitrogens with one attached hydrogen (secondary N) is 1. The molecule has 1 saturated heterocycles. The van der Waals surface area contributed by atoms with Gasteiger partial charge in [-0.1, -0.05) is 11.8 Å². The van der Waals surface area contributed by atoms with Crippen LogP contribution in [0.4, 0.5) is 10.5 Å². The van der Waals surface area contributed by atoms with Crippen LogP contribution in [0.25, 0.3) is 0 Å².